The maximum atomic E-state index is 13.6. The second kappa shape index (κ2) is 9.61. The Hall–Kier alpha value is -4.53. The molecule has 2 aromatic heterocycles. The molecule has 2 aromatic carbocycles. The van der Waals surface area contributed by atoms with E-state index in [1.807, 2.05) is 31.2 Å². The van der Waals surface area contributed by atoms with Gasteiger partial charge in [-0.2, -0.15) is 5.10 Å². The van der Waals surface area contributed by atoms with E-state index in [-0.39, 0.29) is 23.2 Å². The number of hydrogen-bond acceptors (Lipinski definition) is 4. The van der Waals surface area contributed by atoms with Gasteiger partial charge in [0.2, 0.25) is 5.56 Å². The van der Waals surface area contributed by atoms with E-state index >= 15 is 0 Å². The maximum absolute atomic E-state index is 13.6. The van der Waals surface area contributed by atoms with E-state index in [1.54, 1.807) is 32.8 Å². The van der Waals surface area contributed by atoms with Crippen LogP contribution < -0.4 is 5.56 Å². The van der Waals surface area contributed by atoms with Gasteiger partial charge in [0.05, 0.1) is 16.8 Å². The molecule has 8 nitrogen and oxygen atoms in total. The molecule has 1 N–H and O–H groups in total. The summed E-state index contributed by atoms with van der Waals surface area (Å²) in [4.78, 5) is 43.6. The maximum Gasteiger partial charge on any atom is 0.257 e. The van der Waals surface area contributed by atoms with Crippen LogP contribution in [0.4, 0.5) is 4.39 Å². The van der Waals surface area contributed by atoms with Gasteiger partial charge in [-0.1, -0.05) is 29.8 Å². The Morgan fingerprint density at radius 2 is 1.50 bits per heavy atom. The standard InChI is InChI=1S/C27H24FN5O3/c1-18-2-4-19(5-3-18)25-23(17-33(30-25)22-9-7-21(28)8-10-22)27(36)32-14-12-31(13-15-32)26(35)20-6-11-24(34)29-16-20/h2-11,16-17H,12-15H2,1H3,(H,29,34). The van der Waals surface area contributed by atoms with Crippen LogP contribution in [-0.4, -0.2) is 62.6 Å². The van der Waals surface area contributed by atoms with Gasteiger partial charge in [0.15, 0.2) is 0 Å². The van der Waals surface area contributed by atoms with Crippen LogP contribution in [0.2, 0.25) is 0 Å². The summed E-state index contributed by atoms with van der Waals surface area (Å²) >= 11 is 0. The second-order valence-corrected chi connectivity index (χ2v) is 8.70. The number of aromatic amines is 1. The number of halogens is 1. The summed E-state index contributed by atoms with van der Waals surface area (Å²) in [7, 11) is 0. The Labute approximate surface area is 206 Å². The number of benzene rings is 2. The first-order valence-corrected chi connectivity index (χ1v) is 11.6. The highest BCUT2D eigenvalue weighted by molar-refractivity contribution is 6.00. The molecule has 3 heterocycles. The summed E-state index contributed by atoms with van der Waals surface area (Å²) in [5, 5.41) is 4.67. The van der Waals surface area contributed by atoms with Crippen molar-refractivity contribution in [3.8, 4) is 16.9 Å². The first-order chi connectivity index (χ1) is 17.4. The number of carbonyl (C=O) groups excluding carboxylic acids is 2. The SMILES string of the molecule is Cc1ccc(-c2nn(-c3ccc(F)cc3)cc2C(=O)N2CCN(C(=O)c3ccc(=O)[nH]c3)CC2)cc1. The van der Waals surface area contributed by atoms with Gasteiger partial charge in [0.25, 0.3) is 11.8 Å². The van der Waals surface area contributed by atoms with Crippen molar-refractivity contribution in [2.45, 2.75) is 6.92 Å². The minimum absolute atomic E-state index is 0.185. The number of carbonyl (C=O) groups is 2. The number of rotatable bonds is 4. The van der Waals surface area contributed by atoms with Gasteiger partial charge in [-0.3, -0.25) is 14.4 Å². The smallest absolute Gasteiger partial charge is 0.257 e. The Balaban J connectivity index is 1.39. The van der Waals surface area contributed by atoms with Gasteiger partial charge in [0, 0.05) is 50.2 Å². The first-order valence-electron chi connectivity index (χ1n) is 11.6. The Morgan fingerprint density at radius 1 is 0.861 bits per heavy atom. The second-order valence-electron chi connectivity index (χ2n) is 8.70. The molecular weight excluding hydrogens is 461 g/mol. The molecule has 4 aromatic rings. The molecule has 0 spiro atoms. The molecule has 1 saturated heterocycles. The van der Waals surface area contributed by atoms with E-state index in [9.17, 15) is 18.8 Å². The highest BCUT2D eigenvalue weighted by atomic mass is 19.1. The van der Waals surface area contributed by atoms with Crippen LogP contribution in [0.5, 0.6) is 0 Å². The van der Waals surface area contributed by atoms with E-state index in [1.165, 1.54) is 30.5 Å². The molecule has 0 bridgehead atoms. The zero-order valence-corrected chi connectivity index (χ0v) is 19.6. The normalized spacial score (nSPS) is 13.6. The van der Waals surface area contributed by atoms with Gasteiger partial charge in [0.1, 0.15) is 11.5 Å². The number of pyridine rings is 1. The van der Waals surface area contributed by atoms with E-state index < -0.39 is 0 Å². The molecule has 0 saturated carbocycles. The van der Waals surface area contributed by atoms with Gasteiger partial charge >= 0.3 is 0 Å². The van der Waals surface area contributed by atoms with Gasteiger partial charge in [-0.25, -0.2) is 9.07 Å². The molecule has 0 aliphatic carbocycles. The minimum atomic E-state index is -0.352. The van der Waals surface area contributed by atoms with Crippen molar-refractivity contribution >= 4 is 11.8 Å². The quantitative estimate of drug-likeness (QED) is 0.480. The molecule has 182 valence electrons. The Bertz CT molecular complexity index is 1450. The largest absolute Gasteiger partial charge is 0.335 e. The zero-order chi connectivity index (χ0) is 25.2. The predicted octanol–water partition coefficient (Wildman–Crippen LogP) is 3.27. The van der Waals surface area contributed by atoms with Gasteiger partial charge in [-0.05, 0) is 37.3 Å². The van der Waals surface area contributed by atoms with E-state index in [2.05, 4.69) is 10.1 Å². The van der Waals surface area contributed by atoms with Crippen LogP contribution in [0.15, 0.2) is 77.9 Å². The summed E-state index contributed by atoms with van der Waals surface area (Å²) in [5.74, 6) is -0.729. The summed E-state index contributed by atoms with van der Waals surface area (Å²) in [6.07, 6.45) is 3.07. The molecular formula is C27H24FN5O3. The molecule has 0 unspecified atom stereocenters. The van der Waals surface area contributed by atoms with E-state index in [0.717, 1.165) is 11.1 Å². The van der Waals surface area contributed by atoms with E-state index in [0.29, 0.717) is 48.7 Å². The fraction of sp³-hybridized carbons (Fsp3) is 0.185. The summed E-state index contributed by atoms with van der Waals surface area (Å²) < 4.78 is 15.0. The van der Waals surface area contributed by atoms with Crippen molar-refractivity contribution in [3.05, 3.63) is 106 Å². The third-order valence-corrected chi connectivity index (χ3v) is 6.25. The first kappa shape index (κ1) is 23.2. The van der Waals surface area contributed by atoms with Crippen molar-refractivity contribution < 1.29 is 14.0 Å². The number of aromatic nitrogens is 3. The van der Waals surface area contributed by atoms with Crippen LogP contribution in [0.1, 0.15) is 26.3 Å². The average Bonchev–Trinajstić information content (AvgIpc) is 3.35. The molecule has 36 heavy (non-hydrogen) atoms. The van der Waals surface area contributed by atoms with Crippen LogP contribution in [-0.2, 0) is 0 Å². The van der Waals surface area contributed by atoms with Gasteiger partial charge < -0.3 is 14.8 Å². The van der Waals surface area contributed by atoms with E-state index in [4.69, 9.17) is 0 Å². The third kappa shape index (κ3) is 4.68. The number of nitrogens with zero attached hydrogens (tertiary/aromatic N) is 4. The summed E-state index contributed by atoms with van der Waals surface area (Å²) in [6.45, 7) is 3.46. The molecule has 5 rings (SSSR count). The number of hydrogen-bond donors (Lipinski definition) is 1. The van der Waals surface area contributed by atoms with Crippen LogP contribution in [0.25, 0.3) is 16.9 Å². The van der Waals surface area contributed by atoms with Crippen LogP contribution >= 0.6 is 0 Å². The van der Waals surface area contributed by atoms with Gasteiger partial charge in [-0.15, -0.1) is 0 Å². The number of amides is 2. The summed E-state index contributed by atoms with van der Waals surface area (Å²) in [6, 6.07) is 16.5. The van der Waals surface area contributed by atoms with Crippen molar-refractivity contribution in [3.63, 3.8) is 0 Å². The fourth-order valence-electron chi connectivity index (χ4n) is 4.19. The highest BCUT2D eigenvalue weighted by Crippen LogP contribution is 2.26. The Morgan fingerprint density at radius 3 is 2.11 bits per heavy atom. The average molecular weight is 486 g/mol. The molecule has 1 aliphatic heterocycles. The lowest BCUT2D eigenvalue weighted by Gasteiger charge is -2.34. The lowest BCUT2D eigenvalue weighted by Crippen LogP contribution is -2.50. The topological polar surface area (TPSA) is 91.3 Å². The molecule has 9 heteroatoms. The number of H-pyrrole nitrogens is 1. The lowest BCUT2D eigenvalue weighted by atomic mass is 10.1. The van der Waals surface area contributed by atoms with Crippen LogP contribution in [0, 0.1) is 12.7 Å². The predicted molar refractivity (Wildman–Crippen MR) is 133 cm³/mol. The summed E-state index contributed by atoms with van der Waals surface area (Å²) in [5.41, 5.74) is 3.63. The zero-order valence-electron chi connectivity index (χ0n) is 19.6. The number of nitrogens with one attached hydrogen (secondary N) is 1. The Kier molecular flexibility index (Phi) is 6.20. The van der Waals surface area contributed by atoms with Crippen molar-refractivity contribution in [1.82, 2.24) is 24.6 Å². The highest BCUT2D eigenvalue weighted by Gasteiger charge is 2.28. The van der Waals surface area contributed by atoms with Crippen molar-refractivity contribution in [2.75, 3.05) is 26.2 Å². The van der Waals surface area contributed by atoms with Crippen molar-refractivity contribution in [1.29, 1.82) is 0 Å². The molecule has 2 amide bonds. The minimum Gasteiger partial charge on any atom is -0.335 e. The molecule has 0 atom stereocenters. The monoisotopic (exact) mass is 485 g/mol. The lowest BCUT2D eigenvalue weighted by molar-refractivity contribution is 0.0535. The number of piperazine rings is 1. The molecule has 0 radical (unpaired) electrons. The molecule has 1 fully saturated rings. The van der Waals surface area contributed by atoms with Crippen molar-refractivity contribution in [2.24, 2.45) is 0 Å². The number of aryl methyl sites for hydroxylation is 1. The van der Waals surface area contributed by atoms with Crippen LogP contribution in [0.3, 0.4) is 0 Å². The molecule has 1 aliphatic rings. The third-order valence-electron chi connectivity index (χ3n) is 6.25. The fourth-order valence-corrected chi connectivity index (χ4v) is 4.19.